The topological polar surface area (TPSA) is 49.3 Å². The van der Waals surface area contributed by atoms with Gasteiger partial charge in [0.05, 0.1) is 12.1 Å². The minimum Gasteiger partial charge on any atom is -0.352 e. The van der Waals surface area contributed by atoms with E-state index in [2.05, 4.69) is 66.2 Å². The molecular weight excluding hydrogens is 372 g/mol. The van der Waals surface area contributed by atoms with Gasteiger partial charge in [-0.3, -0.25) is 4.79 Å². The highest BCUT2D eigenvalue weighted by Gasteiger charge is 2.22. The van der Waals surface area contributed by atoms with E-state index in [1.54, 1.807) is 0 Å². The van der Waals surface area contributed by atoms with Gasteiger partial charge in [-0.15, -0.1) is 10.2 Å². The zero-order valence-corrected chi connectivity index (χ0v) is 17.9. The highest BCUT2D eigenvalue weighted by Crippen LogP contribution is 2.22. The number of amides is 1. The van der Waals surface area contributed by atoms with Gasteiger partial charge in [0.25, 0.3) is 0 Å². The smallest absolute Gasteiger partial charge is 0.227 e. The lowest BCUT2D eigenvalue weighted by molar-refractivity contribution is -0.130. The third kappa shape index (κ3) is 4.51. The highest BCUT2D eigenvalue weighted by atomic mass is 16.2. The molecule has 2 aromatic carbocycles. The van der Waals surface area contributed by atoms with Gasteiger partial charge in [0, 0.05) is 31.7 Å². The summed E-state index contributed by atoms with van der Waals surface area (Å²) < 4.78 is 0. The van der Waals surface area contributed by atoms with Crippen molar-refractivity contribution in [2.75, 3.05) is 31.1 Å². The van der Waals surface area contributed by atoms with E-state index in [-0.39, 0.29) is 5.91 Å². The molecule has 1 aliphatic rings. The standard InChI is InChI=1S/C25H28N4O/c1-18-4-7-21(8-5-18)17-25(30)29-14-12-28(13-15-29)24-11-10-23(26-27-24)22-9-6-19(2)20(3)16-22/h4-11,16H,12-15,17H2,1-3H3. The van der Waals surface area contributed by atoms with Crippen LogP contribution < -0.4 is 4.90 Å². The Hall–Kier alpha value is -3.21. The number of hydrogen-bond donors (Lipinski definition) is 0. The van der Waals surface area contributed by atoms with Gasteiger partial charge in [-0.25, -0.2) is 0 Å². The first-order chi connectivity index (χ1) is 14.5. The van der Waals surface area contributed by atoms with E-state index in [0.717, 1.165) is 35.7 Å². The van der Waals surface area contributed by atoms with Crippen molar-refractivity contribution in [2.24, 2.45) is 0 Å². The number of benzene rings is 2. The van der Waals surface area contributed by atoms with Crippen molar-refractivity contribution < 1.29 is 4.79 Å². The number of carbonyl (C=O) groups excluding carboxylic acids is 1. The van der Waals surface area contributed by atoms with Crippen LogP contribution in [0.4, 0.5) is 5.82 Å². The van der Waals surface area contributed by atoms with Crippen LogP contribution in [0, 0.1) is 20.8 Å². The quantitative estimate of drug-likeness (QED) is 0.665. The molecule has 1 aromatic heterocycles. The Balaban J connectivity index is 1.35. The number of aromatic nitrogens is 2. The highest BCUT2D eigenvalue weighted by molar-refractivity contribution is 5.79. The number of anilines is 1. The summed E-state index contributed by atoms with van der Waals surface area (Å²) in [6.07, 6.45) is 0.463. The number of piperazine rings is 1. The normalized spacial score (nSPS) is 14.1. The molecule has 1 saturated heterocycles. The fourth-order valence-electron chi connectivity index (χ4n) is 3.73. The molecule has 30 heavy (non-hydrogen) atoms. The van der Waals surface area contributed by atoms with Gasteiger partial charge in [0.2, 0.25) is 5.91 Å². The van der Waals surface area contributed by atoms with E-state index < -0.39 is 0 Å². The second kappa shape index (κ2) is 8.66. The second-order valence-electron chi connectivity index (χ2n) is 8.11. The summed E-state index contributed by atoms with van der Waals surface area (Å²) in [4.78, 5) is 16.8. The van der Waals surface area contributed by atoms with E-state index in [9.17, 15) is 4.79 Å². The van der Waals surface area contributed by atoms with Crippen LogP contribution in [0.2, 0.25) is 0 Å². The molecule has 0 radical (unpaired) electrons. The van der Waals surface area contributed by atoms with Crippen LogP contribution in [0.15, 0.2) is 54.6 Å². The average Bonchev–Trinajstić information content (AvgIpc) is 2.77. The number of hydrogen-bond acceptors (Lipinski definition) is 4. The van der Waals surface area contributed by atoms with Gasteiger partial charge in [-0.05, 0) is 55.7 Å². The summed E-state index contributed by atoms with van der Waals surface area (Å²) in [5.74, 6) is 1.06. The Bertz CT molecular complexity index is 1020. The van der Waals surface area contributed by atoms with Crippen molar-refractivity contribution in [1.29, 1.82) is 0 Å². The lowest BCUT2D eigenvalue weighted by Gasteiger charge is -2.35. The largest absolute Gasteiger partial charge is 0.352 e. The van der Waals surface area contributed by atoms with Crippen LogP contribution in [0.25, 0.3) is 11.3 Å². The first-order valence-corrected chi connectivity index (χ1v) is 10.5. The second-order valence-corrected chi connectivity index (χ2v) is 8.11. The van der Waals surface area contributed by atoms with Gasteiger partial charge < -0.3 is 9.80 Å². The first-order valence-electron chi connectivity index (χ1n) is 10.5. The van der Waals surface area contributed by atoms with Crippen LogP contribution in [-0.2, 0) is 11.2 Å². The molecule has 0 aliphatic carbocycles. The van der Waals surface area contributed by atoms with Crippen molar-refractivity contribution in [2.45, 2.75) is 27.2 Å². The lowest BCUT2D eigenvalue weighted by Crippen LogP contribution is -2.49. The molecule has 1 aliphatic heterocycles. The van der Waals surface area contributed by atoms with E-state index in [4.69, 9.17) is 0 Å². The van der Waals surface area contributed by atoms with Crippen molar-refractivity contribution in [3.05, 3.63) is 76.9 Å². The van der Waals surface area contributed by atoms with Crippen LogP contribution in [0.5, 0.6) is 0 Å². The SMILES string of the molecule is Cc1ccc(CC(=O)N2CCN(c3ccc(-c4ccc(C)c(C)c4)nn3)CC2)cc1. The third-order valence-corrected chi connectivity index (χ3v) is 5.89. The predicted octanol–water partition coefficient (Wildman–Crippen LogP) is 3.96. The third-order valence-electron chi connectivity index (χ3n) is 5.89. The van der Waals surface area contributed by atoms with Crippen molar-refractivity contribution in [3.63, 3.8) is 0 Å². The Labute approximate surface area is 178 Å². The van der Waals surface area contributed by atoms with Crippen molar-refractivity contribution >= 4 is 11.7 Å². The summed E-state index contributed by atoms with van der Waals surface area (Å²) in [6, 6.07) is 18.6. The maximum Gasteiger partial charge on any atom is 0.227 e. The number of aryl methyl sites for hydroxylation is 3. The van der Waals surface area contributed by atoms with Gasteiger partial charge in [0.1, 0.15) is 0 Å². The van der Waals surface area contributed by atoms with E-state index in [0.29, 0.717) is 19.5 Å². The van der Waals surface area contributed by atoms with Gasteiger partial charge >= 0.3 is 0 Å². The van der Waals surface area contributed by atoms with Gasteiger partial charge in [0.15, 0.2) is 5.82 Å². The molecule has 0 N–H and O–H groups in total. The molecule has 5 heteroatoms. The monoisotopic (exact) mass is 400 g/mol. The molecule has 1 fully saturated rings. The fraction of sp³-hybridized carbons (Fsp3) is 0.320. The van der Waals surface area contributed by atoms with Crippen molar-refractivity contribution in [1.82, 2.24) is 15.1 Å². The van der Waals surface area contributed by atoms with Crippen LogP contribution in [0.3, 0.4) is 0 Å². The number of carbonyl (C=O) groups is 1. The maximum absolute atomic E-state index is 12.6. The Morgan fingerprint density at radius 2 is 1.57 bits per heavy atom. The Kier molecular flexibility index (Phi) is 5.79. The minimum atomic E-state index is 0.190. The van der Waals surface area contributed by atoms with Crippen molar-refractivity contribution in [3.8, 4) is 11.3 Å². The molecule has 0 bridgehead atoms. The van der Waals surface area contributed by atoms with E-state index >= 15 is 0 Å². The number of rotatable bonds is 4. The van der Waals surface area contributed by atoms with E-state index in [1.807, 2.05) is 29.2 Å². The molecule has 0 unspecified atom stereocenters. The molecule has 0 atom stereocenters. The molecule has 154 valence electrons. The molecule has 0 saturated carbocycles. The predicted molar refractivity (Wildman–Crippen MR) is 121 cm³/mol. The van der Waals surface area contributed by atoms with Gasteiger partial charge in [-0.1, -0.05) is 42.0 Å². The summed E-state index contributed by atoms with van der Waals surface area (Å²) in [7, 11) is 0. The fourth-order valence-corrected chi connectivity index (χ4v) is 3.73. The summed E-state index contributed by atoms with van der Waals surface area (Å²) in [6.45, 7) is 9.26. The minimum absolute atomic E-state index is 0.190. The molecule has 4 rings (SSSR count). The summed E-state index contributed by atoms with van der Waals surface area (Å²) >= 11 is 0. The molecule has 5 nitrogen and oxygen atoms in total. The average molecular weight is 401 g/mol. The van der Waals surface area contributed by atoms with E-state index in [1.165, 1.54) is 16.7 Å². The maximum atomic E-state index is 12.6. The summed E-state index contributed by atoms with van der Waals surface area (Å²) in [5.41, 5.74) is 6.78. The molecule has 3 aromatic rings. The molecular formula is C25H28N4O. The Morgan fingerprint density at radius 1 is 0.833 bits per heavy atom. The molecule has 1 amide bonds. The lowest BCUT2D eigenvalue weighted by atomic mass is 10.0. The molecule has 0 spiro atoms. The summed E-state index contributed by atoms with van der Waals surface area (Å²) in [5, 5.41) is 8.89. The number of nitrogens with zero attached hydrogens (tertiary/aromatic N) is 4. The molecule has 2 heterocycles. The zero-order valence-electron chi connectivity index (χ0n) is 17.9. The van der Waals surface area contributed by atoms with Gasteiger partial charge in [-0.2, -0.15) is 0 Å². The van der Waals surface area contributed by atoms with Crippen LogP contribution in [0.1, 0.15) is 22.3 Å². The van der Waals surface area contributed by atoms with Crippen LogP contribution in [-0.4, -0.2) is 47.2 Å². The first kappa shape index (κ1) is 20.1. The van der Waals surface area contributed by atoms with Crippen LogP contribution >= 0.6 is 0 Å². The zero-order chi connectivity index (χ0) is 21.1. The Morgan fingerprint density at radius 3 is 2.20 bits per heavy atom.